The Kier molecular flexibility index (Phi) is 7.52. The Morgan fingerprint density at radius 3 is 2.20 bits per heavy atom. The highest BCUT2D eigenvalue weighted by atomic mass is 79.9. The molecule has 4 aliphatic rings. The van der Waals surface area contributed by atoms with Crippen LogP contribution in [0, 0.1) is 23.7 Å². The fraction of sp³-hybridized carbons (Fsp3) is 0.220. The maximum Gasteiger partial charge on any atom is 0.238 e. The minimum atomic E-state index is -1.44. The number of benzene rings is 4. The molecule has 8 rings (SSSR count). The summed E-state index contributed by atoms with van der Waals surface area (Å²) in [6, 6.07) is 30.7. The molecule has 0 radical (unpaired) electrons. The molecule has 0 bridgehead atoms. The Morgan fingerprint density at radius 2 is 1.51 bits per heavy atom. The Morgan fingerprint density at radius 1 is 0.816 bits per heavy atom. The first kappa shape index (κ1) is 31.2. The summed E-state index contributed by atoms with van der Waals surface area (Å²) in [6.07, 6.45) is 3.93. The van der Waals surface area contributed by atoms with E-state index in [9.17, 15) is 14.7 Å². The average molecular weight is 715 g/mol. The number of aromatic hydroxyl groups is 1. The van der Waals surface area contributed by atoms with Crippen molar-refractivity contribution in [2.75, 3.05) is 12.0 Å². The van der Waals surface area contributed by atoms with Crippen LogP contribution < -0.4 is 9.64 Å². The summed E-state index contributed by atoms with van der Waals surface area (Å²) < 4.78 is 6.36. The number of anilines is 1. The molecule has 7 nitrogen and oxygen atoms in total. The van der Waals surface area contributed by atoms with E-state index in [1.807, 2.05) is 66.7 Å². The fourth-order valence-corrected chi connectivity index (χ4v) is 9.26. The molecule has 6 atom stereocenters. The first-order valence-electron chi connectivity index (χ1n) is 16.4. The van der Waals surface area contributed by atoms with Gasteiger partial charge < -0.3 is 9.84 Å². The molecular formula is C41H32BrNO6. The SMILES string of the molecule is COc1cccc(C2C3=CCC4C(=O)N(c5ccc(Br)cc5)C(=O)C4C3CC3C(=O)C(c4ccccc4)=CC(=O)C32c2ccccc2)c1O. The number of carbonyl (C=O) groups excluding carboxylic acids is 4. The lowest BCUT2D eigenvalue weighted by Crippen LogP contribution is -2.58. The molecule has 1 saturated heterocycles. The van der Waals surface area contributed by atoms with Crippen molar-refractivity contribution in [1.29, 1.82) is 0 Å². The standard InChI is InChI=1S/C41H32BrNO6/c1-49-33-14-8-13-29(38(33)46)36-27-19-20-28-35(40(48)43(39(28)47)26-17-15-25(42)16-18-26)31(27)21-32-37(45)30(23-9-4-2-5-10-23)22-34(44)41(32,36)24-11-6-3-7-12-24/h2-19,22,28,31-32,35-36,46H,20-21H2,1H3. The monoisotopic (exact) mass is 713 g/mol. The number of imide groups is 1. The topological polar surface area (TPSA) is 101 Å². The number of ether oxygens (including phenoxy) is 1. The van der Waals surface area contributed by atoms with Gasteiger partial charge in [0.1, 0.15) is 0 Å². The van der Waals surface area contributed by atoms with Crippen molar-refractivity contribution in [2.45, 2.75) is 24.2 Å². The van der Waals surface area contributed by atoms with Crippen molar-refractivity contribution < 1.29 is 29.0 Å². The second-order valence-electron chi connectivity index (χ2n) is 13.2. The normalized spacial score (nSPS) is 27.6. The van der Waals surface area contributed by atoms with Gasteiger partial charge in [-0.15, -0.1) is 0 Å². The number of carbonyl (C=O) groups is 4. The second-order valence-corrected chi connectivity index (χ2v) is 14.1. The number of Topliss-reactive ketones (excluding diaryl/α,β-unsaturated/α-hetero) is 1. The molecule has 2 amide bonds. The molecule has 0 spiro atoms. The zero-order valence-electron chi connectivity index (χ0n) is 26.6. The third-order valence-corrected chi connectivity index (χ3v) is 11.5. The van der Waals surface area contributed by atoms with Crippen molar-refractivity contribution in [1.82, 2.24) is 0 Å². The lowest BCUT2D eigenvalue weighted by Gasteiger charge is -2.55. The van der Waals surface area contributed by atoms with Gasteiger partial charge in [-0.05, 0) is 66.3 Å². The Bertz CT molecular complexity index is 2090. The molecule has 0 aromatic heterocycles. The molecule has 6 unspecified atom stereocenters. The predicted molar refractivity (Wildman–Crippen MR) is 188 cm³/mol. The van der Waals surface area contributed by atoms with E-state index < -0.39 is 35.0 Å². The molecule has 4 aromatic rings. The summed E-state index contributed by atoms with van der Waals surface area (Å²) in [4.78, 5) is 59.9. The van der Waals surface area contributed by atoms with Gasteiger partial charge in [0.15, 0.2) is 23.1 Å². The van der Waals surface area contributed by atoms with Crippen LogP contribution in [-0.4, -0.2) is 35.6 Å². The van der Waals surface area contributed by atoms with Crippen LogP contribution in [0.4, 0.5) is 5.69 Å². The molecule has 8 heteroatoms. The summed E-state index contributed by atoms with van der Waals surface area (Å²) in [5.74, 6) is -4.57. The van der Waals surface area contributed by atoms with Crippen molar-refractivity contribution in [3.05, 3.63) is 142 Å². The van der Waals surface area contributed by atoms with Crippen LogP contribution in [0.3, 0.4) is 0 Å². The van der Waals surface area contributed by atoms with Gasteiger partial charge in [-0.2, -0.15) is 0 Å². The van der Waals surface area contributed by atoms with Gasteiger partial charge in [-0.1, -0.05) is 100 Å². The lowest BCUT2D eigenvalue weighted by molar-refractivity contribution is -0.135. The van der Waals surface area contributed by atoms with E-state index >= 15 is 9.59 Å². The molecule has 1 saturated carbocycles. The molecule has 2 fully saturated rings. The van der Waals surface area contributed by atoms with Crippen LogP contribution in [-0.2, 0) is 24.6 Å². The molecule has 244 valence electrons. The number of amides is 2. The number of rotatable bonds is 5. The van der Waals surface area contributed by atoms with Gasteiger partial charge in [-0.25, -0.2) is 0 Å². The van der Waals surface area contributed by atoms with Crippen LogP contribution in [0.2, 0.25) is 0 Å². The number of nitrogens with zero attached hydrogens (tertiary/aromatic N) is 1. The number of ketones is 2. The summed E-state index contributed by atoms with van der Waals surface area (Å²) in [7, 11) is 1.46. The summed E-state index contributed by atoms with van der Waals surface area (Å²) >= 11 is 3.43. The minimum absolute atomic E-state index is 0.129. The van der Waals surface area contributed by atoms with Gasteiger partial charge in [0, 0.05) is 27.4 Å². The van der Waals surface area contributed by atoms with Gasteiger partial charge in [-0.3, -0.25) is 24.1 Å². The average Bonchev–Trinajstić information content (AvgIpc) is 3.39. The number of fused-ring (bicyclic) bond motifs is 4. The molecule has 49 heavy (non-hydrogen) atoms. The van der Waals surface area contributed by atoms with E-state index in [1.54, 1.807) is 42.5 Å². The van der Waals surface area contributed by atoms with Gasteiger partial charge in [0.2, 0.25) is 11.8 Å². The number of hydrogen-bond donors (Lipinski definition) is 1. The third kappa shape index (κ3) is 4.53. The highest BCUT2D eigenvalue weighted by molar-refractivity contribution is 9.10. The van der Waals surface area contributed by atoms with Crippen molar-refractivity contribution in [2.24, 2.45) is 23.7 Å². The Labute approximate surface area is 292 Å². The fourth-order valence-electron chi connectivity index (χ4n) is 9.00. The highest BCUT2D eigenvalue weighted by Crippen LogP contribution is 2.65. The number of para-hydroxylation sites is 1. The maximum atomic E-state index is 15.1. The first-order chi connectivity index (χ1) is 23.8. The van der Waals surface area contributed by atoms with Gasteiger partial charge >= 0.3 is 0 Å². The molecule has 1 heterocycles. The van der Waals surface area contributed by atoms with Crippen LogP contribution in [0.25, 0.3) is 5.57 Å². The quantitative estimate of drug-likeness (QED) is 0.174. The van der Waals surface area contributed by atoms with E-state index in [1.165, 1.54) is 18.1 Å². The van der Waals surface area contributed by atoms with Crippen molar-refractivity contribution in [3.8, 4) is 11.5 Å². The highest BCUT2D eigenvalue weighted by Gasteiger charge is 2.66. The van der Waals surface area contributed by atoms with Gasteiger partial charge in [0.25, 0.3) is 0 Å². The number of halogens is 1. The molecule has 3 aliphatic carbocycles. The number of phenolic OH excluding ortho intramolecular Hbond substituents is 1. The van der Waals surface area contributed by atoms with Crippen LogP contribution >= 0.6 is 15.9 Å². The summed E-state index contributed by atoms with van der Waals surface area (Å²) in [5, 5.41) is 11.8. The maximum absolute atomic E-state index is 15.1. The van der Waals surface area contributed by atoms with Crippen LogP contribution in [0.5, 0.6) is 11.5 Å². The third-order valence-electron chi connectivity index (χ3n) is 11.0. The number of allylic oxidation sites excluding steroid dienone is 4. The van der Waals surface area contributed by atoms with E-state index in [2.05, 4.69) is 15.9 Å². The van der Waals surface area contributed by atoms with Crippen LogP contribution in [0.1, 0.15) is 35.4 Å². The van der Waals surface area contributed by atoms with Crippen molar-refractivity contribution >= 4 is 50.6 Å². The van der Waals surface area contributed by atoms with Crippen molar-refractivity contribution in [3.63, 3.8) is 0 Å². The Hall–Kier alpha value is -5.08. The number of methoxy groups -OCH3 is 1. The first-order valence-corrected chi connectivity index (χ1v) is 17.2. The molecule has 1 N–H and O–H groups in total. The Balaban J connectivity index is 1.37. The van der Waals surface area contributed by atoms with E-state index in [0.717, 1.165) is 10.0 Å². The zero-order valence-corrected chi connectivity index (χ0v) is 28.2. The molecular weight excluding hydrogens is 682 g/mol. The minimum Gasteiger partial charge on any atom is -0.504 e. The largest absolute Gasteiger partial charge is 0.504 e. The van der Waals surface area contributed by atoms with E-state index in [-0.39, 0.29) is 47.7 Å². The summed E-state index contributed by atoms with van der Waals surface area (Å²) in [5.41, 5.74) is 1.88. The van der Waals surface area contributed by atoms with E-state index in [0.29, 0.717) is 28.0 Å². The number of hydrogen-bond acceptors (Lipinski definition) is 6. The lowest BCUT2D eigenvalue weighted by atomic mass is 9.44. The van der Waals surface area contributed by atoms with Crippen LogP contribution in [0.15, 0.2) is 125 Å². The molecule has 4 aromatic carbocycles. The predicted octanol–water partition coefficient (Wildman–Crippen LogP) is 7.19. The number of phenols is 1. The summed E-state index contributed by atoms with van der Waals surface area (Å²) in [6.45, 7) is 0. The second kappa shape index (κ2) is 11.8. The zero-order chi connectivity index (χ0) is 34.0. The van der Waals surface area contributed by atoms with E-state index in [4.69, 9.17) is 4.74 Å². The van der Waals surface area contributed by atoms with Gasteiger partial charge in [0.05, 0.1) is 30.0 Å². The smallest absolute Gasteiger partial charge is 0.238 e. The molecule has 1 aliphatic heterocycles.